The minimum Gasteiger partial charge on any atom is -0.423 e. The summed E-state index contributed by atoms with van der Waals surface area (Å²) < 4.78 is 11.3. The molecule has 0 saturated carbocycles. The lowest BCUT2D eigenvalue weighted by Gasteiger charge is -2.36. The van der Waals surface area contributed by atoms with E-state index < -0.39 is 0 Å². The molecular formula is C13H17N3O3. The third-order valence-electron chi connectivity index (χ3n) is 3.39. The van der Waals surface area contributed by atoms with Crippen LogP contribution in [0.25, 0.3) is 11.1 Å². The van der Waals surface area contributed by atoms with Crippen LogP contribution in [-0.2, 0) is 4.74 Å². The van der Waals surface area contributed by atoms with Crippen molar-refractivity contribution in [1.82, 2.24) is 4.98 Å². The first-order chi connectivity index (χ1) is 9.19. The molecule has 0 amide bonds. The van der Waals surface area contributed by atoms with E-state index in [0.29, 0.717) is 36.0 Å². The highest BCUT2D eigenvalue weighted by Crippen LogP contribution is 2.28. The van der Waals surface area contributed by atoms with Crippen molar-refractivity contribution in [2.45, 2.75) is 19.1 Å². The SMILES string of the molecule is CC1COC(CO)CN1c1nc2c(N)cccc2o1. The zero-order valence-corrected chi connectivity index (χ0v) is 10.7. The number of fused-ring (bicyclic) bond motifs is 1. The van der Waals surface area contributed by atoms with E-state index in [1.54, 1.807) is 6.07 Å². The summed E-state index contributed by atoms with van der Waals surface area (Å²) in [5.74, 6) is 0. The number of nitrogens with two attached hydrogens (primary N) is 1. The Bertz CT molecular complexity index is 584. The Labute approximate surface area is 110 Å². The molecule has 3 rings (SSSR count). The number of para-hydroxylation sites is 1. The van der Waals surface area contributed by atoms with Crippen LogP contribution >= 0.6 is 0 Å². The summed E-state index contributed by atoms with van der Waals surface area (Å²) in [5, 5.41) is 9.20. The highest BCUT2D eigenvalue weighted by atomic mass is 16.5. The molecule has 102 valence electrons. The number of morpholine rings is 1. The molecule has 1 aromatic carbocycles. The fourth-order valence-corrected chi connectivity index (χ4v) is 2.28. The first-order valence-electron chi connectivity index (χ1n) is 6.33. The molecule has 1 fully saturated rings. The largest absolute Gasteiger partial charge is 0.423 e. The van der Waals surface area contributed by atoms with Crippen molar-refractivity contribution < 1.29 is 14.3 Å². The van der Waals surface area contributed by atoms with Crippen molar-refractivity contribution in [3.05, 3.63) is 18.2 Å². The van der Waals surface area contributed by atoms with Crippen molar-refractivity contribution in [3.8, 4) is 0 Å². The molecule has 1 aromatic heterocycles. The second kappa shape index (κ2) is 4.71. The van der Waals surface area contributed by atoms with Gasteiger partial charge in [0, 0.05) is 0 Å². The Morgan fingerprint density at radius 2 is 2.37 bits per heavy atom. The van der Waals surface area contributed by atoms with Crippen LogP contribution in [0.3, 0.4) is 0 Å². The lowest BCUT2D eigenvalue weighted by atomic mass is 10.2. The monoisotopic (exact) mass is 263 g/mol. The Morgan fingerprint density at radius 1 is 1.53 bits per heavy atom. The average Bonchev–Trinajstić information content (AvgIpc) is 2.84. The third-order valence-corrected chi connectivity index (χ3v) is 3.39. The maximum atomic E-state index is 9.20. The summed E-state index contributed by atoms with van der Waals surface area (Å²) in [6.45, 7) is 3.13. The molecule has 3 N–H and O–H groups in total. The van der Waals surface area contributed by atoms with Gasteiger partial charge in [0.05, 0.1) is 37.6 Å². The molecule has 19 heavy (non-hydrogen) atoms. The zero-order chi connectivity index (χ0) is 13.4. The average molecular weight is 263 g/mol. The van der Waals surface area contributed by atoms with E-state index >= 15 is 0 Å². The van der Waals surface area contributed by atoms with E-state index in [0.717, 1.165) is 0 Å². The highest BCUT2D eigenvalue weighted by molar-refractivity contribution is 5.86. The van der Waals surface area contributed by atoms with Gasteiger partial charge < -0.3 is 24.9 Å². The molecule has 2 heterocycles. The quantitative estimate of drug-likeness (QED) is 0.786. The molecule has 0 spiro atoms. The molecule has 1 aliphatic heterocycles. The number of hydrogen-bond acceptors (Lipinski definition) is 6. The smallest absolute Gasteiger partial charge is 0.298 e. The number of oxazole rings is 1. The van der Waals surface area contributed by atoms with Crippen molar-refractivity contribution in [1.29, 1.82) is 0 Å². The number of anilines is 2. The second-order valence-electron chi connectivity index (χ2n) is 4.83. The number of ether oxygens (including phenoxy) is 1. The van der Waals surface area contributed by atoms with Crippen LogP contribution in [-0.4, -0.2) is 42.0 Å². The van der Waals surface area contributed by atoms with Crippen LogP contribution in [0, 0.1) is 0 Å². The van der Waals surface area contributed by atoms with Gasteiger partial charge in [-0.3, -0.25) is 0 Å². The lowest BCUT2D eigenvalue weighted by molar-refractivity contribution is -0.0117. The Kier molecular flexibility index (Phi) is 3.04. The van der Waals surface area contributed by atoms with Crippen LogP contribution in [0.5, 0.6) is 0 Å². The predicted octanol–water partition coefficient (Wildman–Crippen LogP) is 0.996. The molecule has 1 aliphatic rings. The number of aliphatic hydroxyl groups excluding tert-OH is 1. The minimum absolute atomic E-state index is 0.00835. The van der Waals surface area contributed by atoms with Crippen LogP contribution < -0.4 is 10.6 Å². The van der Waals surface area contributed by atoms with Crippen LogP contribution in [0.4, 0.5) is 11.7 Å². The Balaban J connectivity index is 1.96. The van der Waals surface area contributed by atoms with Crippen LogP contribution in [0.1, 0.15) is 6.92 Å². The lowest BCUT2D eigenvalue weighted by Crippen LogP contribution is -2.49. The second-order valence-corrected chi connectivity index (χ2v) is 4.83. The highest BCUT2D eigenvalue weighted by Gasteiger charge is 2.29. The molecule has 6 nitrogen and oxygen atoms in total. The van der Waals surface area contributed by atoms with E-state index in [1.807, 2.05) is 24.0 Å². The predicted molar refractivity (Wildman–Crippen MR) is 72.1 cm³/mol. The van der Waals surface area contributed by atoms with Gasteiger partial charge in [-0.2, -0.15) is 4.98 Å². The topological polar surface area (TPSA) is 84.8 Å². The van der Waals surface area contributed by atoms with Crippen LogP contribution in [0.2, 0.25) is 0 Å². The maximum absolute atomic E-state index is 9.20. The summed E-state index contributed by atoms with van der Waals surface area (Å²) in [4.78, 5) is 6.46. The molecule has 1 saturated heterocycles. The van der Waals surface area contributed by atoms with Crippen molar-refractivity contribution >= 4 is 22.8 Å². The Morgan fingerprint density at radius 3 is 3.11 bits per heavy atom. The first-order valence-corrected chi connectivity index (χ1v) is 6.33. The molecular weight excluding hydrogens is 246 g/mol. The summed E-state index contributed by atoms with van der Waals surface area (Å²) in [7, 11) is 0. The van der Waals surface area contributed by atoms with Gasteiger partial charge in [-0.25, -0.2) is 0 Å². The first kappa shape index (κ1) is 12.3. The number of aliphatic hydroxyl groups is 1. The van der Waals surface area contributed by atoms with E-state index in [-0.39, 0.29) is 18.8 Å². The fourth-order valence-electron chi connectivity index (χ4n) is 2.28. The summed E-state index contributed by atoms with van der Waals surface area (Å²) in [5.41, 5.74) is 7.84. The minimum atomic E-state index is -0.205. The summed E-state index contributed by atoms with van der Waals surface area (Å²) >= 11 is 0. The van der Waals surface area contributed by atoms with Gasteiger partial charge in [-0.1, -0.05) is 6.07 Å². The van der Waals surface area contributed by atoms with Gasteiger partial charge >= 0.3 is 0 Å². The zero-order valence-electron chi connectivity index (χ0n) is 10.7. The third kappa shape index (κ3) is 2.13. The molecule has 2 aromatic rings. The van der Waals surface area contributed by atoms with E-state index in [4.69, 9.17) is 14.9 Å². The summed E-state index contributed by atoms with van der Waals surface area (Å²) in [6, 6.07) is 6.16. The number of aromatic nitrogens is 1. The van der Waals surface area contributed by atoms with E-state index in [9.17, 15) is 5.11 Å². The van der Waals surface area contributed by atoms with Gasteiger partial charge in [0.1, 0.15) is 5.52 Å². The molecule has 2 unspecified atom stereocenters. The number of nitrogens with zero attached hydrogens (tertiary/aromatic N) is 2. The number of hydrogen-bond donors (Lipinski definition) is 2. The van der Waals surface area contributed by atoms with Gasteiger partial charge in [0.25, 0.3) is 6.01 Å². The van der Waals surface area contributed by atoms with Gasteiger partial charge in [0.15, 0.2) is 5.58 Å². The van der Waals surface area contributed by atoms with Crippen molar-refractivity contribution in [2.75, 3.05) is 30.4 Å². The maximum Gasteiger partial charge on any atom is 0.298 e. The molecule has 0 bridgehead atoms. The van der Waals surface area contributed by atoms with Gasteiger partial charge in [-0.05, 0) is 19.1 Å². The fraction of sp³-hybridized carbons (Fsp3) is 0.462. The van der Waals surface area contributed by atoms with E-state index in [1.165, 1.54) is 0 Å². The standard InChI is InChI=1S/C13H17N3O3/c1-8-7-18-9(6-17)5-16(8)13-15-12-10(14)3-2-4-11(12)19-13/h2-4,8-9,17H,5-7,14H2,1H3. The van der Waals surface area contributed by atoms with Crippen molar-refractivity contribution in [2.24, 2.45) is 0 Å². The van der Waals surface area contributed by atoms with Gasteiger partial charge in [0.2, 0.25) is 0 Å². The number of nitrogen functional groups attached to an aromatic ring is 1. The van der Waals surface area contributed by atoms with E-state index in [2.05, 4.69) is 4.98 Å². The molecule has 0 aliphatic carbocycles. The number of rotatable bonds is 2. The van der Waals surface area contributed by atoms with Crippen LogP contribution in [0.15, 0.2) is 22.6 Å². The number of benzene rings is 1. The van der Waals surface area contributed by atoms with Crippen molar-refractivity contribution in [3.63, 3.8) is 0 Å². The molecule has 0 radical (unpaired) electrons. The molecule has 6 heteroatoms. The Hall–Kier alpha value is -1.79. The summed E-state index contributed by atoms with van der Waals surface area (Å²) in [6.07, 6.45) is -0.205. The molecule has 2 atom stereocenters. The normalized spacial score (nSPS) is 24.0. The van der Waals surface area contributed by atoms with Gasteiger partial charge in [-0.15, -0.1) is 0 Å².